The maximum absolute atomic E-state index is 12.4. The molecule has 0 aliphatic heterocycles. The molecule has 2 aromatic carbocycles. The third-order valence-corrected chi connectivity index (χ3v) is 6.53. The van der Waals surface area contributed by atoms with Crippen molar-refractivity contribution in [1.82, 2.24) is 0 Å². The van der Waals surface area contributed by atoms with Crippen molar-refractivity contribution >= 4 is 11.9 Å². The number of hydrogen-bond donors (Lipinski definition) is 0. The van der Waals surface area contributed by atoms with Gasteiger partial charge in [0.1, 0.15) is 0 Å². The Balaban J connectivity index is 1.72. The minimum Gasteiger partial charge on any atom is -0.289 e. The summed E-state index contributed by atoms with van der Waals surface area (Å²) in [5.41, 5.74) is 2.32. The molecule has 0 bridgehead atoms. The fourth-order valence-corrected chi connectivity index (χ4v) is 4.17. The van der Waals surface area contributed by atoms with Gasteiger partial charge in [-0.15, -0.1) is 9.78 Å². The van der Waals surface area contributed by atoms with E-state index in [4.69, 9.17) is 19.6 Å². The molecule has 38 heavy (non-hydrogen) atoms. The van der Waals surface area contributed by atoms with E-state index in [0.29, 0.717) is 17.5 Å². The van der Waals surface area contributed by atoms with Crippen LogP contribution in [0.2, 0.25) is 0 Å². The Morgan fingerprint density at radius 3 is 1.32 bits per heavy atom. The fourth-order valence-electron chi connectivity index (χ4n) is 4.17. The third kappa shape index (κ3) is 12.7. The normalized spacial score (nSPS) is 11.1. The zero-order valence-electron chi connectivity index (χ0n) is 23.2. The summed E-state index contributed by atoms with van der Waals surface area (Å²) in [5, 5.41) is 0. The summed E-state index contributed by atoms with van der Waals surface area (Å²) in [6.07, 6.45) is 15.7. The first-order valence-corrected chi connectivity index (χ1v) is 14.1. The molecular weight excluding hydrogens is 480 g/mol. The molecular formula is C32H44O6. The van der Waals surface area contributed by atoms with E-state index in [1.54, 1.807) is 24.3 Å². The quantitative estimate of drug-likeness (QED) is 0.0978. The first-order valence-electron chi connectivity index (χ1n) is 14.1. The standard InChI is InChI=1S/C32H44O6/c1-4-5-6-7-8-9-10-11-12-13-14-15-16-25-30(35-37-31(33)28-23-19-17-21-26(28)2)36-38-32(34)29-24-20-18-22-27(29)3/h17-24H,1,4-16,25H2,2-3H3. The molecule has 6 nitrogen and oxygen atoms in total. The molecule has 0 aromatic heterocycles. The molecule has 0 unspecified atom stereocenters. The molecule has 0 aliphatic rings. The van der Waals surface area contributed by atoms with Gasteiger partial charge in [0.25, 0.3) is 0 Å². The van der Waals surface area contributed by atoms with Gasteiger partial charge in [0.15, 0.2) is 0 Å². The minimum absolute atomic E-state index is 0.0623. The highest BCUT2D eigenvalue weighted by atomic mass is 17.3. The van der Waals surface area contributed by atoms with Crippen LogP contribution in [0, 0.1) is 27.1 Å². The molecule has 2 radical (unpaired) electrons. The second-order valence-corrected chi connectivity index (χ2v) is 9.76. The Hall–Kier alpha value is -2.70. The molecule has 0 spiro atoms. The summed E-state index contributed by atoms with van der Waals surface area (Å²) in [6, 6.07) is 14.1. The monoisotopic (exact) mass is 524 g/mol. The number of unbranched alkanes of at least 4 members (excludes halogenated alkanes) is 12. The van der Waals surface area contributed by atoms with E-state index in [1.807, 2.05) is 38.1 Å². The summed E-state index contributed by atoms with van der Waals surface area (Å²) in [5.74, 6) is -1.28. The van der Waals surface area contributed by atoms with Gasteiger partial charge in [-0.25, -0.2) is 9.59 Å². The van der Waals surface area contributed by atoms with Gasteiger partial charge in [-0.1, -0.05) is 120 Å². The van der Waals surface area contributed by atoms with E-state index in [0.717, 1.165) is 36.8 Å². The summed E-state index contributed by atoms with van der Waals surface area (Å²) in [6.45, 7) is 7.52. The van der Waals surface area contributed by atoms with Crippen LogP contribution in [0.15, 0.2) is 48.5 Å². The number of hydrogen-bond acceptors (Lipinski definition) is 6. The van der Waals surface area contributed by atoms with Crippen molar-refractivity contribution in [2.45, 2.75) is 104 Å². The second-order valence-electron chi connectivity index (χ2n) is 9.76. The topological polar surface area (TPSA) is 71.1 Å². The number of rotatable bonds is 20. The van der Waals surface area contributed by atoms with Crippen molar-refractivity contribution in [3.8, 4) is 0 Å². The average molecular weight is 525 g/mol. The lowest BCUT2D eigenvalue weighted by Gasteiger charge is -2.14. The van der Waals surface area contributed by atoms with E-state index in [2.05, 4.69) is 6.92 Å². The summed E-state index contributed by atoms with van der Waals surface area (Å²) in [4.78, 5) is 45.3. The largest absolute Gasteiger partial charge is 0.373 e. The molecule has 0 fully saturated rings. The zero-order valence-corrected chi connectivity index (χ0v) is 23.2. The van der Waals surface area contributed by atoms with Crippen molar-refractivity contribution < 1.29 is 29.1 Å². The van der Waals surface area contributed by atoms with Crippen molar-refractivity contribution in [3.63, 3.8) is 0 Å². The highest BCUT2D eigenvalue weighted by molar-refractivity contribution is 5.91. The predicted molar refractivity (Wildman–Crippen MR) is 149 cm³/mol. The van der Waals surface area contributed by atoms with Crippen LogP contribution < -0.4 is 0 Å². The van der Waals surface area contributed by atoms with Crippen molar-refractivity contribution in [2.75, 3.05) is 0 Å². The second kappa shape index (κ2) is 19.4. The van der Waals surface area contributed by atoms with E-state index in [-0.39, 0.29) is 6.29 Å². The van der Waals surface area contributed by atoms with Crippen LogP contribution in [0.5, 0.6) is 0 Å². The Labute approximate surface area is 228 Å². The van der Waals surface area contributed by atoms with Gasteiger partial charge in [-0.3, -0.25) is 9.78 Å². The molecule has 0 amide bonds. The SMILES string of the molecule is [CH2]CCCCCCCCCCCCCC[C](OOC(=O)c1ccccc1C)OOC(=O)c1ccccc1C. The summed E-state index contributed by atoms with van der Waals surface area (Å²) in [7, 11) is 0. The fraction of sp³-hybridized carbons (Fsp3) is 0.500. The predicted octanol–water partition coefficient (Wildman–Crippen LogP) is 8.97. The van der Waals surface area contributed by atoms with Crippen LogP contribution in [0.3, 0.4) is 0 Å². The van der Waals surface area contributed by atoms with Crippen LogP contribution in [0.4, 0.5) is 0 Å². The molecule has 2 aromatic rings. The molecule has 0 saturated heterocycles. The van der Waals surface area contributed by atoms with E-state index < -0.39 is 11.9 Å². The van der Waals surface area contributed by atoms with E-state index in [1.165, 1.54) is 57.8 Å². The number of carbonyl (C=O) groups excluding carboxylic acids is 2. The molecule has 0 atom stereocenters. The maximum Gasteiger partial charge on any atom is 0.373 e. The van der Waals surface area contributed by atoms with Gasteiger partial charge >= 0.3 is 18.2 Å². The molecule has 0 saturated carbocycles. The highest BCUT2D eigenvalue weighted by Crippen LogP contribution is 2.21. The number of aryl methyl sites for hydroxylation is 2. The number of benzene rings is 2. The highest BCUT2D eigenvalue weighted by Gasteiger charge is 2.22. The Kier molecular flexibility index (Phi) is 16.1. The van der Waals surface area contributed by atoms with Gasteiger partial charge in [-0.05, 0) is 43.5 Å². The smallest absolute Gasteiger partial charge is 0.289 e. The van der Waals surface area contributed by atoms with Crippen molar-refractivity contribution in [3.05, 3.63) is 84.0 Å². The summed E-state index contributed by atoms with van der Waals surface area (Å²) >= 11 is 0. The average Bonchev–Trinajstić information content (AvgIpc) is 2.92. The lowest BCUT2D eigenvalue weighted by atomic mass is 10.0. The number of carbonyl (C=O) groups is 2. The summed E-state index contributed by atoms with van der Waals surface area (Å²) < 4.78 is 0. The van der Waals surface area contributed by atoms with Crippen LogP contribution in [-0.4, -0.2) is 11.9 Å². The van der Waals surface area contributed by atoms with Gasteiger partial charge in [0.05, 0.1) is 11.1 Å². The molecule has 0 N–H and O–H groups in total. The Morgan fingerprint density at radius 2 is 0.921 bits per heavy atom. The van der Waals surface area contributed by atoms with Crippen molar-refractivity contribution in [1.29, 1.82) is 0 Å². The van der Waals surface area contributed by atoms with E-state index in [9.17, 15) is 9.59 Å². The molecule has 2 rings (SSSR count). The van der Waals surface area contributed by atoms with E-state index >= 15 is 0 Å². The Bertz CT molecular complexity index is 880. The minimum atomic E-state index is -0.642. The first-order chi connectivity index (χ1) is 18.5. The third-order valence-electron chi connectivity index (χ3n) is 6.53. The van der Waals surface area contributed by atoms with Crippen LogP contribution >= 0.6 is 0 Å². The molecule has 0 aliphatic carbocycles. The van der Waals surface area contributed by atoms with Gasteiger partial charge in [0.2, 0.25) is 0 Å². The Morgan fingerprint density at radius 1 is 0.553 bits per heavy atom. The van der Waals surface area contributed by atoms with Crippen LogP contribution in [0.1, 0.15) is 122 Å². The lowest BCUT2D eigenvalue weighted by Crippen LogP contribution is -2.17. The van der Waals surface area contributed by atoms with Gasteiger partial charge < -0.3 is 0 Å². The molecule has 208 valence electrons. The van der Waals surface area contributed by atoms with Crippen molar-refractivity contribution in [2.24, 2.45) is 0 Å². The zero-order chi connectivity index (χ0) is 27.4. The first kappa shape index (κ1) is 31.5. The van der Waals surface area contributed by atoms with Crippen LogP contribution in [0.25, 0.3) is 0 Å². The molecule has 0 heterocycles. The van der Waals surface area contributed by atoms with Gasteiger partial charge in [0, 0.05) is 6.42 Å². The lowest BCUT2D eigenvalue weighted by molar-refractivity contribution is -0.364. The van der Waals surface area contributed by atoms with Crippen LogP contribution in [-0.2, 0) is 19.6 Å². The molecule has 6 heteroatoms. The van der Waals surface area contributed by atoms with Gasteiger partial charge in [-0.2, -0.15) is 0 Å². The maximum atomic E-state index is 12.4.